The minimum Gasteiger partial charge on any atom is -0.317 e. The van der Waals surface area contributed by atoms with Gasteiger partial charge in [-0.25, -0.2) is 0 Å². The molecule has 0 spiro atoms. The quantitative estimate of drug-likeness (QED) is 0.588. The van der Waals surface area contributed by atoms with E-state index in [4.69, 9.17) is 0 Å². The fourth-order valence-corrected chi connectivity index (χ4v) is 2.50. The summed E-state index contributed by atoms with van der Waals surface area (Å²) in [4.78, 5) is 0. The van der Waals surface area contributed by atoms with Gasteiger partial charge in [0.15, 0.2) is 0 Å². The third kappa shape index (κ3) is 1.89. The predicted octanol–water partition coefficient (Wildman–Crippen LogP) is 2.34. The zero-order chi connectivity index (χ0) is 8.23. The molecule has 0 aromatic carbocycles. The van der Waals surface area contributed by atoms with Crippen LogP contribution in [0.1, 0.15) is 32.1 Å². The molecule has 1 N–H and O–H groups in total. The molecule has 1 unspecified atom stereocenters. The summed E-state index contributed by atoms with van der Waals surface area (Å²) < 4.78 is 0. The zero-order valence-electron chi connectivity index (χ0n) is 7.76. The first-order valence-electron chi connectivity index (χ1n) is 5.34. The van der Waals surface area contributed by atoms with Crippen molar-refractivity contribution in [3.05, 3.63) is 12.2 Å². The standard InChI is InChI=1S/C11H19N/c1-2-4-10(5-3-1)11-6-8-12-9-7-11/h2,4,10-12H,1,3,5-9H2. The maximum atomic E-state index is 3.43. The third-order valence-corrected chi connectivity index (χ3v) is 3.28. The van der Waals surface area contributed by atoms with Gasteiger partial charge in [0.05, 0.1) is 0 Å². The summed E-state index contributed by atoms with van der Waals surface area (Å²) in [5, 5.41) is 3.43. The minimum absolute atomic E-state index is 0.917. The predicted molar refractivity (Wildman–Crippen MR) is 52.1 cm³/mol. The Bertz CT molecular complexity index is 156. The van der Waals surface area contributed by atoms with Crippen LogP contribution in [0.2, 0.25) is 0 Å². The van der Waals surface area contributed by atoms with Crippen molar-refractivity contribution < 1.29 is 0 Å². The van der Waals surface area contributed by atoms with Gasteiger partial charge < -0.3 is 5.32 Å². The van der Waals surface area contributed by atoms with E-state index in [1.807, 2.05) is 0 Å². The van der Waals surface area contributed by atoms with Crippen LogP contribution in [0.25, 0.3) is 0 Å². The average Bonchev–Trinajstić information content (AvgIpc) is 2.21. The molecule has 0 bridgehead atoms. The fraction of sp³-hybridized carbons (Fsp3) is 0.818. The number of rotatable bonds is 1. The summed E-state index contributed by atoms with van der Waals surface area (Å²) >= 11 is 0. The number of nitrogens with one attached hydrogen (secondary N) is 1. The van der Waals surface area contributed by atoms with E-state index in [9.17, 15) is 0 Å². The van der Waals surface area contributed by atoms with Crippen LogP contribution in [0.4, 0.5) is 0 Å². The molecule has 0 radical (unpaired) electrons. The van der Waals surface area contributed by atoms with Gasteiger partial charge in [0, 0.05) is 0 Å². The Morgan fingerprint density at radius 1 is 1.08 bits per heavy atom. The van der Waals surface area contributed by atoms with E-state index in [1.165, 1.54) is 45.2 Å². The van der Waals surface area contributed by atoms with Crippen LogP contribution >= 0.6 is 0 Å². The summed E-state index contributed by atoms with van der Waals surface area (Å²) in [6.45, 7) is 2.49. The Balaban J connectivity index is 1.88. The summed E-state index contributed by atoms with van der Waals surface area (Å²) in [5.74, 6) is 1.91. The summed E-state index contributed by atoms with van der Waals surface area (Å²) in [6.07, 6.45) is 11.8. The van der Waals surface area contributed by atoms with Crippen LogP contribution < -0.4 is 5.32 Å². The van der Waals surface area contributed by atoms with Crippen molar-refractivity contribution in [1.29, 1.82) is 0 Å². The van der Waals surface area contributed by atoms with E-state index in [0.29, 0.717) is 0 Å². The van der Waals surface area contributed by atoms with Gasteiger partial charge in [-0.05, 0) is 57.0 Å². The maximum absolute atomic E-state index is 3.43. The highest BCUT2D eigenvalue weighted by atomic mass is 14.9. The van der Waals surface area contributed by atoms with Crippen molar-refractivity contribution in [3.8, 4) is 0 Å². The molecule has 2 aliphatic rings. The smallest absolute Gasteiger partial charge is 0.00461 e. The molecule has 1 heterocycles. The van der Waals surface area contributed by atoms with Crippen LogP contribution in [-0.4, -0.2) is 13.1 Å². The molecule has 0 saturated carbocycles. The number of hydrogen-bond donors (Lipinski definition) is 1. The average molecular weight is 165 g/mol. The maximum Gasteiger partial charge on any atom is -0.00461 e. The Labute approximate surface area is 75.2 Å². The number of piperidine rings is 1. The highest BCUT2D eigenvalue weighted by molar-refractivity contribution is 4.96. The van der Waals surface area contributed by atoms with E-state index >= 15 is 0 Å². The molecule has 0 aromatic heterocycles. The van der Waals surface area contributed by atoms with Crippen LogP contribution in [-0.2, 0) is 0 Å². The Morgan fingerprint density at radius 2 is 1.92 bits per heavy atom. The van der Waals surface area contributed by atoms with Crippen LogP contribution in [0.5, 0.6) is 0 Å². The van der Waals surface area contributed by atoms with Gasteiger partial charge in [0.25, 0.3) is 0 Å². The van der Waals surface area contributed by atoms with E-state index in [-0.39, 0.29) is 0 Å². The minimum atomic E-state index is 0.917. The zero-order valence-corrected chi connectivity index (χ0v) is 7.76. The van der Waals surface area contributed by atoms with Crippen molar-refractivity contribution in [2.45, 2.75) is 32.1 Å². The molecule has 1 saturated heterocycles. The molecule has 1 heteroatoms. The Morgan fingerprint density at radius 3 is 2.58 bits per heavy atom. The van der Waals surface area contributed by atoms with Gasteiger partial charge in [-0.3, -0.25) is 0 Å². The second-order valence-corrected chi connectivity index (χ2v) is 4.11. The molecule has 12 heavy (non-hydrogen) atoms. The van der Waals surface area contributed by atoms with E-state index in [2.05, 4.69) is 17.5 Å². The lowest BCUT2D eigenvalue weighted by atomic mass is 9.79. The molecular formula is C11H19N. The van der Waals surface area contributed by atoms with Crippen molar-refractivity contribution in [3.63, 3.8) is 0 Å². The van der Waals surface area contributed by atoms with Crippen LogP contribution in [0.15, 0.2) is 12.2 Å². The highest BCUT2D eigenvalue weighted by Gasteiger charge is 2.21. The molecule has 68 valence electrons. The molecule has 1 fully saturated rings. The van der Waals surface area contributed by atoms with Crippen LogP contribution in [0, 0.1) is 11.8 Å². The summed E-state index contributed by atoms with van der Waals surface area (Å²) in [7, 11) is 0. The van der Waals surface area contributed by atoms with E-state index in [0.717, 1.165) is 11.8 Å². The molecule has 1 atom stereocenters. The molecule has 2 rings (SSSR count). The molecule has 0 amide bonds. The second-order valence-electron chi connectivity index (χ2n) is 4.11. The lowest BCUT2D eigenvalue weighted by Gasteiger charge is -2.30. The molecular weight excluding hydrogens is 146 g/mol. The fourth-order valence-electron chi connectivity index (χ4n) is 2.50. The first kappa shape index (κ1) is 8.31. The molecule has 0 aromatic rings. The van der Waals surface area contributed by atoms with Crippen molar-refractivity contribution >= 4 is 0 Å². The Hall–Kier alpha value is -0.300. The second kappa shape index (κ2) is 4.08. The lowest BCUT2D eigenvalue weighted by Crippen LogP contribution is -2.31. The van der Waals surface area contributed by atoms with Gasteiger partial charge in [0.1, 0.15) is 0 Å². The van der Waals surface area contributed by atoms with Gasteiger partial charge in [-0.1, -0.05) is 12.2 Å². The van der Waals surface area contributed by atoms with Gasteiger partial charge in [-0.15, -0.1) is 0 Å². The van der Waals surface area contributed by atoms with Gasteiger partial charge in [0.2, 0.25) is 0 Å². The van der Waals surface area contributed by atoms with E-state index in [1.54, 1.807) is 0 Å². The first-order chi connectivity index (χ1) is 5.97. The highest BCUT2D eigenvalue weighted by Crippen LogP contribution is 2.30. The summed E-state index contributed by atoms with van der Waals surface area (Å²) in [5.41, 5.74) is 0. The van der Waals surface area contributed by atoms with Gasteiger partial charge >= 0.3 is 0 Å². The topological polar surface area (TPSA) is 12.0 Å². The monoisotopic (exact) mass is 165 g/mol. The van der Waals surface area contributed by atoms with Crippen molar-refractivity contribution in [1.82, 2.24) is 5.32 Å². The number of hydrogen-bond acceptors (Lipinski definition) is 1. The van der Waals surface area contributed by atoms with Crippen LogP contribution in [0.3, 0.4) is 0 Å². The van der Waals surface area contributed by atoms with Crippen molar-refractivity contribution in [2.75, 3.05) is 13.1 Å². The van der Waals surface area contributed by atoms with Gasteiger partial charge in [-0.2, -0.15) is 0 Å². The lowest BCUT2D eigenvalue weighted by molar-refractivity contribution is 0.279. The third-order valence-electron chi connectivity index (χ3n) is 3.28. The Kier molecular flexibility index (Phi) is 2.83. The van der Waals surface area contributed by atoms with E-state index < -0.39 is 0 Å². The molecule has 1 aliphatic heterocycles. The van der Waals surface area contributed by atoms with Crippen molar-refractivity contribution in [2.24, 2.45) is 11.8 Å². The molecule has 1 aliphatic carbocycles. The SMILES string of the molecule is C1=CC(C2CCNCC2)CCC1. The largest absolute Gasteiger partial charge is 0.317 e. The normalized spacial score (nSPS) is 32.2. The first-order valence-corrected chi connectivity index (χ1v) is 5.34. The number of allylic oxidation sites excluding steroid dienone is 2. The molecule has 1 nitrogen and oxygen atoms in total. The summed E-state index contributed by atoms with van der Waals surface area (Å²) in [6, 6.07) is 0.